The van der Waals surface area contributed by atoms with E-state index < -0.39 is 0 Å². The maximum absolute atomic E-state index is 5.96. The molecule has 15 N–H and O–H groups in total. The molecule has 0 aromatic heterocycles. The second-order valence-corrected chi connectivity index (χ2v) is 4.93. The molecule has 1 aromatic carbocycles. The number of aryl methyl sites for hydroxylation is 1. The number of halogens is 6. The van der Waals surface area contributed by atoms with Crippen molar-refractivity contribution in [1.82, 2.24) is 18.5 Å². The predicted octanol–water partition coefficient (Wildman–Crippen LogP) is -7.13. The monoisotopic (exact) mass is 454 g/mol. The smallest absolute Gasteiger partial charge is 0.0739 e. The lowest BCUT2D eigenvalue weighted by Gasteiger charge is -2.03. The van der Waals surface area contributed by atoms with Gasteiger partial charge in [0.2, 0.25) is 0 Å². The van der Waals surface area contributed by atoms with Crippen molar-refractivity contribution in [3.05, 3.63) is 33.8 Å². The Morgan fingerprint density at radius 3 is 1.65 bits per heavy atom. The van der Waals surface area contributed by atoms with Crippen molar-refractivity contribution in [3.8, 4) is 0 Å². The average Bonchev–Trinajstić information content (AvgIpc) is 2.28. The Hall–Kier alpha value is 0.800. The largest absolute Gasteiger partial charge is 1.00 e. The molecule has 0 heterocycles. The van der Waals surface area contributed by atoms with Crippen LogP contribution in [0.3, 0.4) is 0 Å². The van der Waals surface area contributed by atoms with Crippen LogP contribution in [-0.2, 0) is 6.42 Å². The van der Waals surface area contributed by atoms with E-state index in [1.54, 1.807) is 0 Å². The Balaban J connectivity index is -0.0000000731. The van der Waals surface area contributed by atoms with Gasteiger partial charge in [-0.3, -0.25) is 0 Å². The lowest BCUT2D eigenvalue weighted by molar-refractivity contribution is -0.368. The van der Waals surface area contributed by atoms with E-state index in [9.17, 15) is 0 Å². The Kier molecular flexibility index (Phi) is 52.7. The van der Waals surface area contributed by atoms with Gasteiger partial charge in [-0.15, -0.1) is 0 Å². The van der Waals surface area contributed by atoms with Crippen molar-refractivity contribution in [2.45, 2.75) is 38.5 Å². The average molecular weight is 457 g/mol. The van der Waals surface area contributed by atoms with Crippen LogP contribution in [0.4, 0.5) is 0 Å². The van der Waals surface area contributed by atoms with E-state index in [4.69, 9.17) is 23.2 Å². The summed E-state index contributed by atoms with van der Waals surface area (Å²) in [6.07, 6.45) is 7.51. The molecule has 0 fully saturated rings. The number of unbranched alkanes of at least 4 members (excludes halogenated alkanes) is 4. The second-order valence-electron chi connectivity index (χ2n) is 4.12. The van der Waals surface area contributed by atoms with Crippen LogP contribution < -0.4 is 73.8 Å². The second kappa shape index (κ2) is 27.6. The third-order valence-corrected chi connectivity index (χ3v) is 3.44. The zero-order valence-corrected chi connectivity index (χ0v) is 18.7. The fourth-order valence-corrected chi connectivity index (χ4v) is 2.05. The predicted molar refractivity (Wildman–Crippen MR) is 89.0 cm³/mol. The zero-order valence-electron chi connectivity index (χ0n) is 14.2. The van der Waals surface area contributed by atoms with Gasteiger partial charge in [-0.1, -0.05) is 42.1 Å². The SMILES string of the molecule is [Cl-].[Cl-].[Cl-].[Cl-].[NH3+]CCCCCCCc1ccc(Cl)c(Cl)c1.[NH4+].[NH4+].[NH4+]. The molecule has 0 bridgehead atoms. The molecule has 0 amide bonds. The maximum atomic E-state index is 5.96. The highest BCUT2D eigenvalue weighted by Crippen LogP contribution is 2.23. The van der Waals surface area contributed by atoms with Gasteiger partial charge < -0.3 is 73.8 Å². The summed E-state index contributed by atoms with van der Waals surface area (Å²) >= 11 is 11.8. The number of rotatable bonds is 7. The van der Waals surface area contributed by atoms with Gasteiger partial charge in [0.25, 0.3) is 0 Å². The van der Waals surface area contributed by atoms with Crippen LogP contribution in [-0.4, -0.2) is 6.54 Å². The first-order valence-corrected chi connectivity index (χ1v) is 6.73. The minimum atomic E-state index is 0. The van der Waals surface area contributed by atoms with Crippen molar-refractivity contribution < 1.29 is 55.4 Å². The van der Waals surface area contributed by atoms with E-state index in [0.29, 0.717) is 10.0 Å². The van der Waals surface area contributed by atoms with E-state index >= 15 is 0 Å². The summed E-state index contributed by atoms with van der Waals surface area (Å²) in [4.78, 5) is 0. The van der Waals surface area contributed by atoms with Crippen LogP contribution in [0.25, 0.3) is 0 Å². The van der Waals surface area contributed by atoms with Crippen LogP contribution >= 0.6 is 23.2 Å². The molecule has 0 spiro atoms. The molecule has 1 rings (SSSR count). The van der Waals surface area contributed by atoms with Gasteiger partial charge in [0.05, 0.1) is 16.6 Å². The lowest BCUT2D eigenvalue weighted by Crippen LogP contribution is -3.00. The first-order valence-electron chi connectivity index (χ1n) is 5.97. The number of quaternary nitrogens is 4. The first kappa shape index (κ1) is 43.8. The topological polar surface area (TPSA) is 137 Å². The summed E-state index contributed by atoms with van der Waals surface area (Å²) in [5.41, 5.74) is 5.13. The van der Waals surface area contributed by atoms with Crippen molar-refractivity contribution in [2.75, 3.05) is 6.54 Å². The summed E-state index contributed by atoms with van der Waals surface area (Å²) in [6.45, 7) is 1.06. The molecule has 10 heteroatoms. The van der Waals surface area contributed by atoms with Gasteiger partial charge in [-0.25, -0.2) is 0 Å². The number of hydrogen-bond acceptors (Lipinski definition) is 0. The van der Waals surface area contributed by atoms with Crippen LogP contribution in [0.1, 0.15) is 37.7 Å². The van der Waals surface area contributed by atoms with Gasteiger partial charge in [-0.05, 0) is 43.4 Å². The van der Waals surface area contributed by atoms with E-state index in [0.717, 1.165) is 13.0 Å². The Morgan fingerprint density at radius 1 is 0.696 bits per heavy atom. The van der Waals surface area contributed by atoms with Gasteiger partial charge in [-0.2, -0.15) is 0 Å². The standard InChI is InChI=1S/C13H19Cl2N.4ClH.3H3N/c14-12-8-7-11(10-13(12)15)6-4-2-1-3-5-9-16;;;;;;;/h7-8,10H,1-6,9,16H2;4*1H;3*1H3. The fourth-order valence-electron chi connectivity index (χ4n) is 1.73. The molecule has 4 nitrogen and oxygen atoms in total. The van der Waals surface area contributed by atoms with Crippen LogP contribution in [0.5, 0.6) is 0 Å². The number of hydrogen-bond donors (Lipinski definition) is 4. The van der Waals surface area contributed by atoms with Crippen LogP contribution in [0.2, 0.25) is 10.0 Å². The van der Waals surface area contributed by atoms with Gasteiger partial charge in [0.15, 0.2) is 0 Å². The van der Waals surface area contributed by atoms with Gasteiger partial charge >= 0.3 is 0 Å². The Bertz CT molecular complexity index is 331. The molecule has 23 heavy (non-hydrogen) atoms. The molecule has 0 aliphatic heterocycles. The van der Waals surface area contributed by atoms with E-state index in [2.05, 4.69) is 11.8 Å². The highest BCUT2D eigenvalue weighted by atomic mass is 35.5. The van der Waals surface area contributed by atoms with Crippen molar-refractivity contribution >= 4 is 23.2 Å². The summed E-state index contributed by atoms with van der Waals surface area (Å²) in [5.74, 6) is 0. The molecule has 0 atom stereocenters. The minimum Gasteiger partial charge on any atom is -1.00 e. The highest BCUT2D eigenvalue weighted by Gasteiger charge is 1.99. The Morgan fingerprint density at radius 2 is 1.17 bits per heavy atom. The Labute approximate surface area is 175 Å². The van der Waals surface area contributed by atoms with Gasteiger partial charge in [0.1, 0.15) is 0 Å². The summed E-state index contributed by atoms with van der Waals surface area (Å²) in [7, 11) is 0. The molecule has 0 aliphatic carbocycles. The van der Waals surface area contributed by atoms with Crippen LogP contribution in [0.15, 0.2) is 18.2 Å². The van der Waals surface area contributed by atoms with Crippen molar-refractivity contribution in [2.24, 2.45) is 0 Å². The molecule has 0 saturated carbocycles. The fraction of sp³-hybridized carbons (Fsp3) is 0.538. The highest BCUT2D eigenvalue weighted by molar-refractivity contribution is 6.42. The van der Waals surface area contributed by atoms with Crippen molar-refractivity contribution in [1.29, 1.82) is 0 Å². The van der Waals surface area contributed by atoms with Crippen LogP contribution in [0, 0.1) is 0 Å². The normalized spacial score (nSPS) is 7.43. The van der Waals surface area contributed by atoms with E-state index in [1.165, 1.54) is 37.7 Å². The zero-order chi connectivity index (χ0) is 11.8. The minimum absolute atomic E-state index is 0. The molecule has 0 saturated heterocycles. The first-order chi connectivity index (χ1) is 7.74. The molecule has 0 unspecified atom stereocenters. The molecule has 0 aliphatic rings. The molecule has 1 aromatic rings. The summed E-state index contributed by atoms with van der Waals surface area (Å²) < 4.78 is 0. The van der Waals surface area contributed by atoms with E-state index in [-0.39, 0.29) is 68.1 Å². The molecule has 146 valence electrons. The van der Waals surface area contributed by atoms with E-state index in [1.807, 2.05) is 12.1 Å². The molecular weight excluding hydrogens is 425 g/mol. The summed E-state index contributed by atoms with van der Waals surface area (Å²) in [5, 5.41) is 1.30. The number of benzene rings is 1. The maximum Gasteiger partial charge on any atom is 0.0739 e. The lowest BCUT2D eigenvalue weighted by atomic mass is 10.1. The summed E-state index contributed by atoms with van der Waals surface area (Å²) in [6, 6.07) is 5.91. The quantitative estimate of drug-likeness (QED) is 0.290. The van der Waals surface area contributed by atoms with Crippen molar-refractivity contribution in [3.63, 3.8) is 0 Å². The third-order valence-electron chi connectivity index (χ3n) is 2.70. The van der Waals surface area contributed by atoms with Gasteiger partial charge in [0, 0.05) is 0 Å². The third kappa shape index (κ3) is 20.8. The molecule has 0 radical (unpaired) electrons. The molecular formula is C13H32Cl6N4.